The number of anilines is 2. The predicted octanol–water partition coefficient (Wildman–Crippen LogP) is 2.83. The summed E-state index contributed by atoms with van der Waals surface area (Å²) in [5.74, 6) is 0.0211. The number of carbonyl (C=O) groups is 1. The minimum atomic E-state index is 0.0211. The molecule has 1 aromatic heterocycles. The molecule has 1 aliphatic rings. The number of aryl methyl sites for hydroxylation is 3. The summed E-state index contributed by atoms with van der Waals surface area (Å²) in [7, 11) is 0. The molecule has 0 unspecified atom stereocenters. The van der Waals surface area contributed by atoms with Gasteiger partial charge in [0, 0.05) is 36.7 Å². The van der Waals surface area contributed by atoms with E-state index in [4.69, 9.17) is 0 Å². The van der Waals surface area contributed by atoms with Crippen LogP contribution in [0.3, 0.4) is 0 Å². The monoisotopic (exact) mass is 344 g/mol. The first-order valence-corrected chi connectivity index (χ1v) is 9.11. The summed E-state index contributed by atoms with van der Waals surface area (Å²) in [5, 5.41) is 3.62. The van der Waals surface area contributed by atoms with Gasteiger partial charge in [-0.15, -0.1) is 11.3 Å². The van der Waals surface area contributed by atoms with E-state index in [-0.39, 0.29) is 5.91 Å². The third kappa shape index (κ3) is 4.13. The highest BCUT2D eigenvalue weighted by atomic mass is 32.1. The van der Waals surface area contributed by atoms with Crippen molar-refractivity contribution in [3.05, 3.63) is 40.4 Å². The lowest BCUT2D eigenvalue weighted by molar-refractivity contribution is -0.117. The topological polar surface area (TPSA) is 48.5 Å². The van der Waals surface area contributed by atoms with Gasteiger partial charge in [-0.05, 0) is 38.5 Å². The first-order chi connectivity index (χ1) is 11.5. The Labute approximate surface area is 147 Å². The Balaban J connectivity index is 1.49. The summed E-state index contributed by atoms with van der Waals surface area (Å²) in [6.45, 7) is 10.2. The van der Waals surface area contributed by atoms with Crippen molar-refractivity contribution in [1.29, 1.82) is 0 Å². The molecule has 6 heteroatoms. The zero-order valence-electron chi connectivity index (χ0n) is 14.5. The average Bonchev–Trinajstić information content (AvgIpc) is 2.85. The van der Waals surface area contributed by atoms with Gasteiger partial charge in [-0.2, -0.15) is 0 Å². The van der Waals surface area contributed by atoms with E-state index in [0.717, 1.165) is 36.8 Å². The lowest BCUT2D eigenvalue weighted by Crippen LogP contribution is -2.48. The zero-order chi connectivity index (χ0) is 17.1. The van der Waals surface area contributed by atoms with Crippen molar-refractivity contribution in [3.63, 3.8) is 0 Å². The number of amides is 1. The number of thiazole rings is 1. The maximum absolute atomic E-state index is 12.2. The molecule has 3 rings (SSSR count). The molecule has 1 saturated heterocycles. The number of aromatic nitrogens is 1. The van der Waals surface area contributed by atoms with E-state index >= 15 is 0 Å². The number of carbonyl (C=O) groups excluding carboxylic acids is 1. The molecule has 2 aromatic rings. The molecule has 1 aromatic carbocycles. The molecule has 0 aliphatic carbocycles. The van der Waals surface area contributed by atoms with Crippen molar-refractivity contribution in [3.8, 4) is 0 Å². The Hall–Kier alpha value is -1.92. The summed E-state index contributed by atoms with van der Waals surface area (Å²) >= 11 is 1.53. The van der Waals surface area contributed by atoms with Crippen LogP contribution in [0.15, 0.2) is 24.3 Å². The fourth-order valence-corrected chi connectivity index (χ4v) is 3.71. The van der Waals surface area contributed by atoms with Crippen LogP contribution in [-0.4, -0.2) is 48.5 Å². The number of nitrogens with zero attached hydrogens (tertiary/aromatic N) is 3. The lowest BCUT2D eigenvalue weighted by Gasteiger charge is -2.35. The number of benzene rings is 1. The smallest absolute Gasteiger partial charge is 0.240 e. The van der Waals surface area contributed by atoms with E-state index in [1.54, 1.807) is 0 Å². The Morgan fingerprint density at radius 3 is 2.58 bits per heavy atom. The number of rotatable bonds is 4. The van der Waals surface area contributed by atoms with E-state index in [1.807, 2.05) is 13.8 Å². The predicted molar refractivity (Wildman–Crippen MR) is 100 cm³/mol. The molecule has 1 amide bonds. The molecule has 2 heterocycles. The van der Waals surface area contributed by atoms with Gasteiger partial charge < -0.3 is 10.2 Å². The molecule has 1 aliphatic heterocycles. The van der Waals surface area contributed by atoms with E-state index in [1.165, 1.54) is 22.6 Å². The number of piperazine rings is 1. The lowest BCUT2D eigenvalue weighted by atomic mass is 10.2. The van der Waals surface area contributed by atoms with Crippen molar-refractivity contribution in [1.82, 2.24) is 9.88 Å². The van der Waals surface area contributed by atoms with Gasteiger partial charge in [0.25, 0.3) is 0 Å². The van der Waals surface area contributed by atoms with Crippen molar-refractivity contribution in [2.45, 2.75) is 20.8 Å². The normalized spacial score (nSPS) is 15.5. The van der Waals surface area contributed by atoms with Gasteiger partial charge >= 0.3 is 0 Å². The highest BCUT2D eigenvalue weighted by Crippen LogP contribution is 2.21. The van der Waals surface area contributed by atoms with E-state index in [0.29, 0.717) is 11.7 Å². The molecular weight excluding hydrogens is 320 g/mol. The molecule has 0 saturated carbocycles. The summed E-state index contributed by atoms with van der Waals surface area (Å²) in [5.41, 5.74) is 3.54. The van der Waals surface area contributed by atoms with Gasteiger partial charge in [0.15, 0.2) is 5.13 Å². The van der Waals surface area contributed by atoms with Crippen LogP contribution < -0.4 is 10.2 Å². The third-order valence-corrected chi connectivity index (χ3v) is 5.37. The van der Waals surface area contributed by atoms with Gasteiger partial charge in [0.05, 0.1) is 12.2 Å². The van der Waals surface area contributed by atoms with Gasteiger partial charge in [-0.25, -0.2) is 4.98 Å². The highest BCUT2D eigenvalue weighted by Gasteiger charge is 2.19. The Kier molecular flexibility index (Phi) is 5.16. The van der Waals surface area contributed by atoms with E-state index < -0.39 is 0 Å². The van der Waals surface area contributed by atoms with Crippen molar-refractivity contribution in [2.75, 3.05) is 42.9 Å². The molecule has 128 valence electrons. The second-order valence-corrected chi connectivity index (χ2v) is 7.51. The molecule has 1 fully saturated rings. The van der Waals surface area contributed by atoms with Crippen LogP contribution in [0.2, 0.25) is 0 Å². The van der Waals surface area contributed by atoms with Crippen LogP contribution in [-0.2, 0) is 4.79 Å². The van der Waals surface area contributed by atoms with Crippen LogP contribution in [0.5, 0.6) is 0 Å². The number of hydrogen-bond donors (Lipinski definition) is 1. The van der Waals surface area contributed by atoms with Crippen LogP contribution in [0.25, 0.3) is 0 Å². The Morgan fingerprint density at radius 1 is 1.21 bits per heavy atom. The SMILES string of the molecule is Cc1cccc(N2CCN(CC(=O)Nc3nc(C)c(C)s3)CC2)c1. The molecule has 5 nitrogen and oxygen atoms in total. The summed E-state index contributed by atoms with van der Waals surface area (Å²) in [6, 6.07) is 8.59. The summed E-state index contributed by atoms with van der Waals surface area (Å²) in [6.07, 6.45) is 0. The Morgan fingerprint density at radius 2 is 1.96 bits per heavy atom. The number of hydrogen-bond acceptors (Lipinski definition) is 5. The molecular formula is C18H24N4OS. The van der Waals surface area contributed by atoms with E-state index in [2.05, 4.69) is 51.3 Å². The fourth-order valence-electron chi connectivity index (χ4n) is 2.88. The van der Waals surface area contributed by atoms with Crippen molar-refractivity contribution in [2.24, 2.45) is 0 Å². The first kappa shape index (κ1) is 16.9. The number of nitrogens with one attached hydrogen (secondary N) is 1. The summed E-state index contributed by atoms with van der Waals surface area (Å²) < 4.78 is 0. The highest BCUT2D eigenvalue weighted by molar-refractivity contribution is 7.15. The molecule has 1 N–H and O–H groups in total. The van der Waals surface area contributed by atoms with Crippen molar-refractivity contribution >= 4 is 28.1 Å². The quantitative estimate of drug-likeness (QED) is 0.926. The summed E-state index contributed by atoms with van der Waals surface area (Å²) in [4.78, 5) is 22.3. The second kappa shape index (κ2) is 7.32. The second-order valence-electron chi connectivity index (χ2n) is 6.31. The molecule has 0 spiro atoms. The van der Waals surface area contributed by atoms with Crippen LogP contribution in [0.1, 0.15) is 16.1 Å². The van der Waals surface area contributed by atoms with Crippen LogP contribution in [0, 0.1) is 20.8 Å². The standard InChI is InChI=1S/C18H24N4OS/c1-13-5-4-6-16(11-13)22-9-7-21(8-10-22)12-17(23)20-18-19-14(2)15(3)24-18/h4-6,11H,7-10,12H2,1-3H3,(H,19,20,23). The third-order valence-electron chi connectivity index (χ3n) is 4.38. The van der Waals surface area contributed by atoms with E-state index in [9.17, 15) is 4.79 Å². The first-order valence-electron chi connectivity index (χ1n) is 8.29. The molecule has 0 radical (unpaired) electrons. The van der Waals surface area contributed by atoms with Crippen molar-refractivity contribution < 1.29 is 4.79 Å². The minimum absolute atomic E-state index is 0.0211. The zero-order valence-corrected chi connectivity index (χ0v) is 15.3. The maximum Gasteiger partial charge on any atom is 0.240 e. The van der Waals surface area contributed by atoms with Gasteiger partial charge in [-0.3, -0.25) is 9.69 Å². The minimum Gasteiger partial charge on any atom is -0.369 e. The molecule has 0 atom stereocenters. The van der Waals surface area contributed by atoms with Gasteiger partial charge in [0.2, 0.25) is 5.91 Å². The Bertz CT molecular complexity index is 700. The van der Waals surface area contributed by atoms with Gasteiger partial charge in [0.1, 0.15) is 0 Å². The van der Waals surface area contributed by atoms with Crippen LogP contribution >= 0.6 is 11.3 Å². The van der Waals surface area contributed by atoms with Gasteiger partial charge in [-0.1, -0.05) is 12.1 Å². The molecule has 0 bridgehead atoms. The average molecular weight is 344 g/mol. The van der Waals surface area contributed by atoms with Crippen LogP contribution in [0.4, 0.5) is 10.8 Å². The largest absolute Gasteiger partial charge is 0.369 e. The fraction of sp³-hybridized carbons (Fsp3) is 0.444. The molecule has 24 heavy (non-hydrogen) atoms. The maximum atomic E-state index is 12.2.